The van der Waals surface area contributed by atoms with E-state index in [2.05, 4.69) is 19.2 Å². The zero-order chi connectivity index (χ0) is 21.4. The Labute approximate surface area is 190 Å². The minimum atomic E-state index is -0.758. The molecular formula is C23H20Cl3N3O. The first-order chi connectivity index (χ1) is 14.1. The molecule has 2 aliphatic rings. The number of nitrogens with zero attached hydrogens (tertiary/aromatic N) is 2. The molecule has 0 spiro atoms. The molecule has 1 aromatic heterocycles. The van der Waals surface area contributed by atoms with Gasteiger partial charge in [0.25, 0.3) is 0 Å². The summed E-state index contributed by atoms with van der Waals surface area (Å²) < 4.78 is 0. The summed E-state index contributed by atoms with van der Waals surface area (Å²) in [4.78, 5) is 23.6. The van der Waals surface area contributed by atoms with Crippen LogP contribution in [-0.2, 0) is 10.2 Å². The maximum Gasteiger partial charge on any atom is 0.237 e. The van der Waals surface area contributed by atoms with Gasteiger partial charge in [-0.1, -0.05) is 48.7 Å². The largest absolute Gasteiger partial charge is 0.325 e. The molecule has 5 rings (SSSR count). The Balaban J connectivity index is 1.67. The van der Waals surface area contributed by atoms with Crippen molar-refractivity contribution in [2.45, 2.75) is 44.9 Å². The minimum absolute atomic E-state index is 0.0483. The smallest absolute Gasteiger partial charge is 0.237 e. The van der Waals surface area contributed by atoms with Crippen LogP contribution in [0.3, 0.4) is 0 Å². The predicted molar refractivity (Wildman–Crippen MR) is 122 cm³/mol. The number of benzene rings is 2. The van der Waals surface area contributed by atoms with E-state index < -0.39 is 5.41 Å². The van der Waals surface area contributed by atoms with Crippen molar-refractivity contribution in [2.24, 2.45) is 5.41 Å². The number of fused-ring (bicyclic) bond motifs is 6. The molecule has 1 fully saturated rings. The fourth-order valence-corrected chi connectivity index (χ4v) is 5.92. The van der Waals surface area contributed by atoms with Crippen molar-refractivity contribution in [2.75, 3.05) is 5.32 Å². The van der Waals surface area contributed by atoms with Crippen LogP contribution in [0.4, 0.5) is 5.69 Å². The molecule has 0 aliphatic heterocycles. The van der Waals surface area contributed by atoms with E-state index >= 15 is 0 Å². The maximum absolute atomic E-state index is 13.8. The third-order valence-corrected chi connectivity index (χ3v) is 8.03. The number of nitrogens with one attached hydrogen (secondary N) is 1. The maximum atomic E-state index is 13.8. The van der Waals surface area contributed by atoms with Crippen LogP contribution in [-0.4, -0.2) is 15.9 Å². The lowest BCUT2D eigenvalue weighted by molar-refractivity contribution is -0.124. The quantitative estimate of drug-likeness (QED) is 0.463. The molecule has 0 radical (unpaired) electrons. The van der Waals surface area contributed by atoms with Gasteiger partial charge in [-0.15, -0.1) is 0 Å². The molecule has 2 aliphatic carbocycles. The van der Waals surface area contributed by atoms with E-state index in [-0.39, 0.29) is 17.2 Å². The van der Waals surface area contributed by atoms with Crippen molar-refractivity contribution in [3.63, 3.8) is 0 Å². The number of aromatic nitrogens is 2. The second-order valence-corrected chi connectivity index (χ2v) is 10.1. The lowest BCUT2D eigenvalue weighted by Crippen LogP contribution is -2.46. The Morgan fingerprint density at radius 3 is 2.40 bits per heavy atom. The molecular weight excluding hydrogens is 441 g/mol. The highest BCUT2D eigenvalue weighted by atomic mass is 35.5. The van der Waals surface area contributed by atoms with Crippen LogP contribution in [0.15, 0.2) is 30.3 Å². The molecule has 1 saturated carbocycles. The van der Waals surface area contributed by atoms with Crippen LogP contribution in [0, 0.1) is 12.3 Å². The van der Waals surface area contributed by atoms with Crippen molar-refractivity contribution in [1.82, 2.24) is 9.97 Å². The topological polar surface area (TPSA) is 54.9 Å². The van der Waals surface area contributed by atoms with Gasteiger partial charge < -0.3 is 5.32 Å². The average Bonchev–Trinajstić information content (AvgIpc) is 3.05. The molecule has 30 heavy (non-hydrogen) atoms. The van der Waals surface area contributed by atoms with Gasteiger partial charge in [0.15, 0.2) is 0 Å². The third-order valence-electron chi connectivity index (χ3n) is 7.07. The number of carbonyl (C=O) groups excluding carboxylic acids is 1. The molecule has 0 saturated heterocycles. The van der Waals surface area contributed by atoms with E-state index in [1.807, 2.05) is 19.1 Å². The fraction of sp³-hybridized carbons (Fsp3) is 0.348. The summed E-state index contributed by atoms with van der Waals surface area (Å²) >= 11 is 18.5. The van der Waals surface area contributed by atoms with Gasteiger partial charge in [0.2, 0.25) is 5.91 Å². The Morgan fingerprint density at radius 1 is 1.07 bits per heavy atom. The zero-order valence-corrected chi connectivity index (χ0v) is 19.1. The highest BCUT2D eigenvalue weighted by Gasteiger charge is 2.67. The van der Waals surface area contributed by atoms with Crippen molar-refractivity contribution < 1.29 is 4.79 Å². The number of aryl methyl sites for hydroxylation is 1. The van der Waals surface area contributed by atoms with Crippen LogP contribution in [0.1, 0.15) is 49.6 Å². The molecule has 2 bridgehead atoms. The summed E-state index contributed by atoms with van der Waals surface area (Å²) in [7, 11) is 0. The van der Waals surface area contributed by atoms with E-state index in [0.29, 0.717) is 26.1 Å². The van der Waals surface area contributed by atoms with Crippen LogP contribution < -0.4 is 5.32 Å². The Hall–Kier alpha value is -1.88. The van der Waals surface area contributed by atoms with E-state index in [4.69, 9.17) is 44.8 Å². The number of hydrogen-bond donors (Lipinski definition) is 1. The molecule has 7 heteroatoms. The molecule has 1 N–H and O–H groups in total. The van der Waals surface area contributed by atoms with Crippen LogP contribution in [0.2, 0.25) is 15.1 Å². The van der Waals surface area contributed by atoms with Crippen molar-refractivity contribution >= 4 is 57.4 Å². The summed E-state index contributed by atoms with van der Waals surface area (Å²) in [5.74, 6) is 0.115. The molecule has 2 unspecified atom stereocenters. The van der Waals surface area contributed by atoms with Gasteiger partial charge >= 0.3 is 0 Å². The Bertz CT molecular complexity index is 1240. The summed E-state index contributed by atoms with van der Waals surface area (Å²) in [6, 6.07) is 8.94. The van der Waals surface area contributed by atoms with Crippen LogP contribution in [0.25, 0.3) is 11.0 Å². The van der Waals surface area contributed by atoms with Gasteiger partial charge in [-0.25, -0.2) is 9.97 Å². The van der Waals surface area contributed by atoms with Gasteiger partial charge in [0.1, 0.15) is 0 Å². The number of carbonyl (C=O) groups is 1. The van der Waals surface area contributed by atoms with E-state index in [0.717, 1.165) is 35.5 Å². The Kier molecular flexibility index (Phi) is 4.38. The average molecular weight is 461 g/mol. The van der Waals surface area contributed by atoms with Gasteiger partial charge in [0, 0.05) is 16.6 Å². The lowest BCUT2D eigenvalue weighted by Gasteiger charge is -2.36. The van der Waals surface area contributed by atoms with E-state index in [1.165, 1.54) is 0 Å². The summed E-state index contributed by atoms with van der Waals surface area (Å²) in [5.41, 5.74) is 3.63. The predicted octanol–water partition coefficient (Wildman–Crippen LogP) is 6.69. The third kappa shape index (κ3) is 2.57. The number of anilines is 1. The van der Waals surface area contributed by atoms with Crippen molar-refractivity contribution in [3.05, 3.63) is 62.4 Å². The van der Waals surface area contributed by atoms with Crippen LogP contribution >= 0.6 is 34.8 Å². The highest BCUT2D eigenvalue weighted by Crippen LogP contribution is 2.67. The summed E-state index contributed by atoms with van der Waals surface area (Å²) in [6.45, 7) is 6.23. The summed E-state index contributed by atoms with van der Waals surface area (Å²) in [5, 5.41) is 4.67. The number of rotatable bonds is 2. The van der Waals surface area contributed by atoms with Crippen LogP contribution in [0.5, 0.6) is 0 Å². The normalized spacial score (nSPS) is 23.6. The van der Waals surface area contributed by atoms with E-state index in [1.54, 1.807) is 18.2 Å². The van der Waals surface area contributed by atoms with Gasteiger partial charge in [-0.2, -0.15) is 0 Å². The first kappa shape index (κ1) is 20.0. The second kappa shape index (κ2) is 6.56. The molecule has 3 aromatic rings. The molecule has 2 aromatic carbocycles. The molecule has 1 amide bonds. The van der Waals surface area contributed by atoms with Gasteiger partial charge in [-0.3, -0.25) is 4.79 Å². The molecule has 1 heterocycles. The first-order valence-corrected chi connectivity index (χ1v) is 11.0. The van der Waals surface area contributed by atoms with Gasteiger partial charge in [0.05, 0.1) is 37.9 Å². The number of halogens is 3. The zero-order valence-electron chi connectivity index (χ0n) is 16.8. The minimum Gasteiger partial charge on any atom is -0.325 e. The lowest BCUT2D eigenvalue weighted by atomic mass is 9.67. The number of hydrogen-bond acceptors (Lipinski definition) is 3. The monoisotopic (exact) mass is 459 g/mol. The summed E-state index contributed by atoms with van der Waals surface area (Å²) in [6.07, 6.45) is 1.63. The SMILES string of the molecule is Cc1cc(Cl)ccc1NC(=O)C12CCC(c3nc4cc(Cl)c(Cl)cc4nc31)C2(C)C. The van der Waals surface area contributed by atoms with E-state index in [9.17, 15) is 4.79 Å². The van der Waals surface area contributed by atoms with Crippen molar-refractivity contribution in [3.8, 4) is 0 Å². The second-order valence-electron chi connectivity index (χ2n) is 8.84. The molecule has 4 nitrogen and oxygen atoms in total. The van der Waals surface area contributed by atoms with Gasteiger partial charge in [-0.05, 0) is 61.1 Å². The number of amides is 1. The first-order valence-electron chi connectivity index (χ1n) is 9.90. The highest BCUT2D eigenvalue weighted by molar-refractivity contribution is 6.42. The standard InChI is InChI=1S/C23H20Cl3N3O/c1-11-8-12(24)4-5-16(11)29-21(30)23-7-6-13(22(23,2)3)19-20(23)28-18-10-15(26)14(25)9-17(18)27-19/h4-5,8-10,13H,6-7H2,1-3H3,(H,29,30). The van der Waals surface area contributed by atoms with Crippen molar-refractivity contribution in [1.29, 1.82) is 0 Å². The molecule has 154 valence electrons. The molecule has 2 atom stereocenters. The Morgan fingerprint density at radius 2 is 1.73 bits per heavy atom. The fourth-order valence-electron chi connectivity index (χ4n) is 5.38.